The Kier molecular flexibility index (Phi) is 14.5. The minimum Gasteiger partial charge on any atom is -0.390 e. The summed E-state index contributed by atoms with van der Waals surface area (Å²) in [4.78, 5) is 0. The van der Waals surface area contributed by atoms with Gasteiger partial charge in [-0.05, 0) is 76.0 Å². The number of rotatable bonds is 12. The van der Waals surface area contributed by atoms with E-state index in [-0.39, 0.29) is 72.3 Å². The first-order valence-electron chi connectivity index (χ1n) is 17.7. The van der Waals surface area contributed by atoms with Crippen molar-refractivity contribution in [3.63, 3.8) is 0 Å². The number of nitrogens with zero attached hydrogens (tertiary/aromatic N) is 6. The lowest BCUT2D eigenvalue weighted by molar-refractivity contribution is -0.432. The minimum absolute atomic E-state index is 0.00673. The van der Waals surface area contributed by atoms with Crippen LogP contribution >= 0.6 is 12.0 Å². The molecule has 20 heteroatoms. The van der Waals surface area contributed by atoms with Gasteiger partial charge in [-0.2, -0.15) is 39.1 Å². The van der Waals surface area contributed by atoms with Gasteiger partial charge in [-0.3, -0.25) is 4.55 Å². The summed E-state index contributed by atoms with van der Waals surface area (Å²) in [5, 5.41) is 50.8. The van der Waals surface area contributed by atoms with E-state index in [9.17, 15) is 18.1 Å². The van der Waals surface area contributed by atoms with Gasteiger partial charge in [-0.1, -0.05) is 5.04 Å². The first-order valence-corrected chi connectivity index (χ1v) is 20.0. The molecule has 18 nitrogen and oxygen atoms in total. The second-order valence-corrected chi connectivity index (χ2v) is 17.3. The van der Waals surface area contributed by atoms with E-state index in [2.05, 4.69) is 25.5 Å². The summed E-state index contributed by atoms with van der Waals surface area (Å²) < 4.78 is 49.9. The topological polar surface area (TPSA) is 284 Å². The molecule has 0 aromatic heterocycles. The standard InChI is InChI=1S/C30H55N9O9S2/c1-45-25-13-24(26(46-2)12-23(25)37-34-17-7-4-16(31)5-8-17)38-39-29-27(49-48-47-41)9-15-3-6-18(10-19(15)30(29)40)35-36-22-14-28(50(42,43)44)21(33)11-20(22)32/h15-30,40-41H,3-14,31-33H2,1-2H3,(H,42,43,44). The molecule has 0 aliphatic heterocycles. The second kappa shape index (κ2) is 18.2. The predicted octanol–water partition coefficient (Wildman–Crippen LogP) is 2.60. The Balaban J connectivity index is 1.25. The summed E-state index contributed by atoms with van der Waals surface area (Å²) in [6.45, 7) is 0. The van der Waals surface area contributed by atoms with E-state index < -0.39 is 45.6 Å². The summed E-state index contributed by atoms with van der Waals surface area (Å²) in [5.74, 6) is -0.0372. The van der Waals surface area contributed by atoms with Crippen molar-refractivity contribution >= 4 is 22.2 Å². The van der Waals surface area contributed by atoms with E-state index in [0.717, 1.165) is 44.1 Å². The van der Waals surface area contributed by atoms with Crippen molar-refractivity contribution in [2.45, 2.75) is 160 Å². The van der Waals surface area contributed by atoms with Crippen LogP contribution in [-0.2, 0) is 29.0 Å². The fraction of sp³-hybridized carbons (Fsp3) is 1.00. The largest absolute Gasteiger partial charge is 0.390 e. The Labute approximate surface area is 298 Å². The maximum atomic E-state index is 11.9. The Morgan fingerprint density at radius 1 is 0.700 bits per heavy atom. The van der Waals surface area contributed by atoms with E-state index in [1.165, 1.54) is 0 Å². The molecule has 0 amide bonds. The highest BCUT2D eigenvalue weighted by Crippen LogP contribution is 2.46. The number of aliphatic hydroxyl groups excluding tert-OH is 1. The summed E-state index contributed by atoms with van der Waals surface area (Å²) in [6.07, 6.45) is 6.24. The molecule has 286 valence electrons. The highest BCUT2D eigenvalue weighted by atomic mass is 32.2. The van der Waals surface area contributed by atoms with Crippen LogP contribution in [-0.4, -0.2) is 121 Å². The first-order chi connectivity index (χ1) is 23.9. The van der Waals surface area contributed by atoms with Gasteiger partial charge in [0.15, 0.2) is 0 Å². The maximum absolute atomic E-state index is 11.9. The number of hydrogen-bond donors (Lipinski definition) is 6. The van der Waals surface area contributed by atoms with Crippen molar-refractivity contribution < 1.29 is 42.2 Å². The summed E-state index contributed by atoms with van der Waals surface area (Å²) in [6, 6.07) is -2.86. The molecule has 5 fully saturated rings. The van der Waals surface area contributed by atoms with Gasteiger partial charge in [-0.25, -0.2) is 5.26 Å². The third kappa shape index (κ3) is 10.0. The lowest BCUT2D eigenvalue weighted by atomic mass is 9.66. The molecule has 9 N–H and O–H groups in total. The van der Waals surface area contributed by atoms with Crippen molar-refractivity contribution in [2.24, 2.45) is 59.7 Å². The lowest BCUT2D eigenvalue weighted by Gasteiger charge is -2.46. The summed E-state index contributed by atoms with van der Waals surface area (Å²) in [5.41, 5.74) is 18.2. The molecule has 50 heavy (non-hydrogen) atoms. The molecular weight excluding hydrogens is 695 g/mol. The van der Waals surface area contributed by atoms with Gasteiger partial charge in [0.25, 0.3) is 10.1 Å². The summed E-state index contributed by atoms with van der Waals surface area (Å²) in [7, 11) is -1.06. The van der Waals surface area contributed by atoms with Gasteiger partial charge in [0.2, 0.25) is 0 Å². The maximum Gasteiger partial charge on any atom is 0.269 e. The van der Waals surface area contributed by atoms with Crippen LogP contribution in [0.2, 0.25) is 0 Å². The van der Waals surface area contributed by atoms with E-state index in [1.54, 1.807) is 14.2 Å². The highest BCUT2D eigenvalue weighted by Gasteiger charge is 2.49. The number of aliphatic hydroxyl groups is 1. The molecule has 0 heterocycles. The van der Waals surface area contributed by atoms with Gasteiger partial charge in [0, 0.05) is 57.2 Å². The Hall–Kier alpha value is -1.30. The molecule has 14 unspecified atom stereocenters. The molecule has 0 saturated heterocycles. The molecule has 0 bridgehead atoms. The third-order valence-corrected chi connectivity index (χ3v) is 13.7. The quantitative estimate of drug-likeness (QED) is 0.0551. The predicted molar refractivity (Wildman–Crippen MR) is 183 cm³/mol. The number of hydrogen-bond acceptors (Lipinski definition) is 18. The van der Waals surface area contributed by atoms with Crippen molar-refractivity contribution in [3.05, 3.63) is 0 Å². The lowest BCUT2D eigenvalue weighted by Crippen LogP contribution is -2.54. The van der Waals surface area contributed by atoms with Crippen LogP contribution in [0.25, 0.3) is 0 Å². The average molecular weight is 750 g/mol. The molecule has 0 spiro atoms. The van der Waals surface area contributed by atoms with E-state index in [4.69, 9.17) is 46.5 Å². The van der Waals surface area contributed by atoms with Crippen LogP contribution in [0.3, 0.4) is 0 Å². The van der Waals surface area contributed by atoms with Gasteiger partial charge < -0.3 is 31.8 Å². The van der Waals surface area contributed by atoms with Gasteiger partial charge >= 0.3 is 0 Å². The number of fused-ring (bicyclic) bond motifs is 1. The van der Waals surface area contributed by atoms with Gasteiger partial charge in [0.1, 0.15) is 11.3 Å². The van der Waals surface area contributed by atoms with Crippen LogP contribution in [0.5, 0.6) is 0 Å². The zero-order valence-corrected chi connectivity index (χ0v) is 30.4. The van der Waals surface area contributed by atoms with Gasteiger partial charge in [0.05, 0.1) is 53.8 Å². The zero-order chi connectivity index (χ0) is 36.0. The third-order valence-electron chi connectivity index (χ3n) is 11.5. The van der Waals surface area contributed by atoms with Crippen LogP contribution in [0.1, 0.15) is 77.0 Å². The van der Waals surface area contributed by atoms with Crippen LogP contribution in [0, 0.1) is 11.8 Å². The number of ether oxygens (including phenoxy) is 2. The molecule has 5 rings (SSSR count). The Morgan fingerprint density at radius 2 is 1.30 bits per heavy atom. The van der Waals surface area contributed by atoms with Crippen LogP contribution in [0.15, 0.2) is 30.7 Å². The van der Waals surface area contributed by atoms with E-state index in [0.29, 0.717) is 32.1 Å². The molecule has 5 aliphatic carbocycles. The highest BCUT2D eigenvalue weighted by molar-refractivity contribution is 7.95. The molecule has 0 aromatic rings. The normalized spacial score (nSPS) is 45.0. The van der Waals surface area contributed by atoms with E-state index in [1.807, 2.05) is 0 Å². The van der Waals surface area contributed by atoms with Crippen molar-refractivity contribution in [3.8, 4) is 0 Å². The molecule has 0 aromatic carbocycles. The van der Waals surface area contributed by atoms with Crippen molar-refractivity contribution in [2.75, 3.05) is 14.2 Å². The fourth-order valence-electron chi connectivity index (χ4n) is 8.55. The van der Waals surface area contributed by atoms with E-state index >= 15 is 0 Å². The molecular formula is C30H55N9O9S2. The SMILES string of the molecule is COC1CC(N=NC2C(SOOO)CC3CCC(N=NC4CC(S(=O)(=O)O)C(N)CC4N)CC3C2O)C(OC)CC1N=NC1CCC(N)CC1. The first kappa shape index (κ1) is 39.9. The monoisotopic (exact) mass is 749 g/mol. The van der Waals surface area contributed by atoms with Gasteiger partial charge in [-0.15, -0.1) is 4.33 Å². The molecule has 0 radical (unpaired) electrons. The Morgan fingerprint density at radius 3 is 1.92 bits per heavy atom. The summed E-state index contributed by atoms with van der Waals surface area (Å²) >= 11 is 0.903. The second-order valence-electron chi connectivity index (χ2n) is 14.7. The van der Waals surface area contributed by atoms with Crippen molar-refractivity contribution in [1.82, 2.24) is 0 Å². The Bertz CT molecular complexity index is 1280. The fourth-order valence-corrected chi connectivity index (χ4v) is 10.3. The number of methoxy groups -OCH3 is 2. The van der Waals surface area contributed by atoms with Crippen LogP contribution < -0.4 is 17.2 Å². The minimum atomic E-state index is -4.35. The number of nitrogens with two attached hydrogens (primary N) is 3. The van der Waals surface area contributed by atoms with Crippen LogP contribution in [0.4, 0.5) is 0 Å². The smallest absolute Gasteiger partial charge is 0.269 e. The molecule has 5 aliphatic rings. The zero-order valence-electron chi connectivity index (χ0n) is 28.7. The number of azo groups is 3. The van der Waals surface area contributed by atoms with Crippen molar-refractivity contribution in [1.29, 1.82) is 0 Å². The molecule has 14 atom stereocenters. The molecule has 5 saturated carbocycles. The average Bonchev–Trinajstić information content (AvgIpc) is 3.09.